The van der Waals surface area contributed by atoms with E-state index in [4.69, 9.17) is 28.9 Å². The van der Waals surface area contributed by atoms with Crippen molar-refractivity contribution in [1.82, 2.24) is 0 Å². The van der Waals surface area contributed by atoms with E-state index in [1.165, 1.54) is 0 Å². The molecule has 0 unspecified atom stereocenters. The van der Waals surface area contributed by atoms with Gasteiger partial charge in [-0.3, -0.25) is 9.59 Å². The molecule has 0 aliphatic rings. The van der Waals surface area contributed by atoms with E-state index in [1.54, 1.807) is 20.8 Å². The number of hydrogen-bond donors (Lipinski definition) is 1. The van der Waals surface area contributed by atoms with E-state index in [2.05, 4.69) is 0 Å². The lowest BCUT2D eigenvalue weighted by molar-refractivity contribution is 0.107. The van der Waals surface area contributed by atoms with Crippen molar-refractivity contribution in [3.63, 3.8) is 0 Å². The highest BCUT2D eigenvalue weighted by Crippen LogP contribution is 2.30. The zero-order chi connectivity index (χ0) is 14.6. The van der Waals surface area contributed by atoms with E-state index < -0.39 is 10.5 Å². The van der Waals surface area contributed by atoms with Crippen LogP contribution in [0.3, 0.4) is 0 Å². The van der Waals surface area contributed by atoms with E-state index in [-0.39, 0.29) is 11.1 Å². The molecule has 0 atom stereocenters. The van der Waals surface area contributed by atoms with E-state index in [1.807, 2.05) is 13.8 Å². The third-order valence-electron chi connectivity index (χ3n) is 2.70. The fourth-order valence-corrected chi connectivity index (χ4v) is 2.39. The molecule has 1 aromatic carbocycles. The van der Waals surface area contributed by atoms with Crippen molar-refractivity contribution in [3.05, 3.63) is 27.8 Å². The van der Waals surface area contributed by atoms with Crippen molar-refractivity contribution in [2.24, 2.45) is 0 Å². The molecule has 1 aromatic rings. The molecule has 0 aliphatic carbocycles. The molecule has 0 amide bonds. The van der Waals surface area contributed by atoms with Crippen molar-refractivity contribution in [2.45, 2.75) is 34.6 Å². The molecule has 18 heavy (non-hydrogen) atoms. The van der Waals surface area contributed by atoms with E-state index in [0.29, 0.717) is 22.4 Å². The molecule has 1 rings (SSSR count). The summed E-state index contributed by atoms with van der Waals surface area (Å²) in [6.45, 7) is 9.01. The Balaban J connectivity index is 0.00000137. The summed E-state index contributed by atoms with van der Waals surface area (Å²) in [7, 11) is 0. The van der Waals surface area contributed by atoms with Crippen LogP contribution in [0, 0.1) is 20.8 Å². The Hall–Kier alpha value is -1.06. The van der Waals surface area contributed by atoms with Crippen LogP contribution in [0.15, 0.2) is 0 Å². The summed E-state index contributed by atoms with van der Waals surface area (Å²) in [6, 6.07) is 0. The summed E-state index contributed by atoms with van der Waals surface area (Å²) in [5, 5.41) is -1.28. The zero-order valence-electron chi connectivity index (χ0n) is 11.1. The quantitative estimate of drug-likeness (QED) is 0.662. The first kappa shape index (κ1) is 16.9. The largest absolute Gasteiger partial charge is 0.398 e. The molecule has 100 valence electrons. The maximum Gasteiger partial charge on any atom is 0.253 e. The van der Waals surface area contributed by atoms with Gasteiger partial charge in [0.25, 0.3) is 10.5 Å². The zero-order valence-corrected chi connectivity index (χ0v) is 12.7. The van der Waals surface area contributed by atoms with Crippen molar-refractivity contribution >= 4 is 39.4 Å². The third-order valence-corrected chi connectivity index (χ3v) is 3.08. The Morgan fingerprint density at radius 3 is 1.33 bits per heavy atom. The van der Waals surface area contributed by atoms with Crippen LogP contribution in [-0.2, 0) is 0 Å². The molecule has 0 spiro atoms. The molecule has 0 saturated carbocycles. The smallest absolute Gasteiger partial charge is 0.253 e. The Labute approximate surface area is 117 Å². The van der Waals surface area contributed by atoms with Gasteiger partial charge in [0, 0.05) is 16.8 Å². The predicted octanol–water partition coefficient (Wildman–Crippen LogP) is 3.98. The molecular weight excluding hydrogens is 273 g/mol. The second-order valence-corrected chi connectivity index (χ2v) is 4.27. The maximum atomic E-state index is 11.3. The summed E-state index contributed by atoms with van der Waals surface area (Å²) < 4.78 is 0. The average Bonchev–Trinajstić information content (AvgIpc) is 2.28. The monoisotopic (exact) mass is 289 g/mol. The van der Waals surface area contributed by atoms with E-state index in [0.717, 1.165) is 0 Å². The number of nitrogen functional groups attached to an aromatic ring is 1. The first-order valence-electron chi connectivity index (χ1n) is 5.57. The van der Waals surface area contributed by atoms with Gasteiger partial charge >= 0.3 is 0 Å². The van der Waals surface area contributed by atoms with Gasteiger partial charge < -0.3 is 5.73 Å². The Kier molecular flexibility index (Phi) is 6.36. The van der Waals surface area contributed by atoms with Crippen LogP contribution in [0.1, 0.15) is 51.3 Å². The van der Waals surface area contributed by atoms with Crippen LogP contribution in [0.5, 0.6) is 0 Å². The van der Waals surface area contributed by atoms with Crippen molar-refractivity contribution in [3.8, 4) is 0 Å². The highest BCUT2D eigenvalue weighted by atomic mass is 35.5. The Morgan fingerprint density at radius 1 is 0.833 bits per heavy atom. The molecular formula is C13H17Cl2NO2. The summed E-state index contributed by atoms with van der Waals surface area (Å²) in [4.78, 5) is 22.6. The van der Waals surface area contributed by atoms with Gasteiger partial charge in [0.1, 0.15) is 0 Å². The molecule has 0 bridgehead atoms. The van der Waals surface area contributed by atoms with Crippen LogP contribution >= 0.6 is 23.2 Å². The second-order valence-electron chi connectivity index (χ2n) is 3.59. The van der Waals surface area contributed by atoms with Crippen LogP contribution in [0.2, 0.25) is 0 Å². The summed E-state index contributed by atoms with van der Waals surface area (Å²) in [6.07, 6.45) is 0. The maximum absolute atomic E-state index is 11.3. The number of halogens is 2. The fourth-order valence-electron chi connectivity index (χ4n) is 1.83. The minimum Gasteiger partial charge on any atom is -0.398 e. The molecule has 0 aliphatic heterocycles. The lowest BCUT2D eigenvalue weighted by Gasteiger charge is -2.15. The Bertz CT molecular complexity index is 455. The summed E-state index contributed by atoms with van der Waals surface area (Å²) in [5.74, 6) is 0. The number of carbonyl (C=O) groups excluding carboxylic acids is 2. The number of anilines is 1. The summed E-state index contributed by atoms with van der Waals surface area (Å²) in [5.41, 5.74) is 8.33. The van der Waals surface area contributed by atoms with Crippen LogP contribution in [0.25, 0.3) is 0 Å². The van der Waals surface area contributed by atoms with Gasteiger partial charge in [0.15, 0.2) is 0 Å². The predicted molar refractivity (Wildman–Crippen MR) is 76.8 cm³/mol. The first-order valence-corrected chi connectivity index (χ1v) is 6.33. The first-order chi connectivity index (χ1) is 8.29. The summed E-state index contributed by atoms with van der Waals surface area (Å²) >= 11 is 10.9. The minimum absolute atomic E-state index is 0.258. The molecule has 2 N–H and O–H groups in total. The minimum atomic E-state index is -0.638. The van der Waals surface area contributed by atoms with E-state index >= 15 is 0 Å². The average molecular weight is 290 g/mol. The van der Waals surface area contributed by atoms with Gasteiger partial charge in [-0.2, -0.15) is 0 Å². The van der Waals surface area contributed by atoms with Gasteiger partial charge in [-0.15, -0.1) is 0 Å². The van der Waals surface area contributed by atoms with Crippen molar-refractivity contribution in [2.75, 3.05) is 5.73 Å². The van der Waals surface area contributed by atoms with Gasteiger partial charge in [-0.25, -0.2) is 0 Å². The highest BCUT2D eigenvalue weighted by molar-refractivity contribution is 6.69. The number of nitrogens with two attached hydrogens (primary N) is 1. The molecule has 3 nitrogen and oxygen atoms in total. The topological polar surface area (TPSA) is 60.2 Å². The highest BCUT2D eigenvalue weighted by Gasteiger charge is 2.21. The molecule has 0 fully saturated rings. The van der Waals surface area contributed by atoms with Gasteiger partial charge in [0.2, 0.25) is 0 Å². The second kappa shape index (κ2) is 6.76. The molecule has 0 aromatic heterocycles. The van der Waals surface area contributed by atoms with Gasteiger partial charge in [0.05, 0.1) is 0 Å². The lowest BCUT2D eigenvalue weighted by Crippen LogP contribution is -2.10. The van der Waals surface area contributed by atoms with Gasteiger partial charge in [-0.05, 0) is 60.7 Å². The number of hydrogen-bond acceptors (Lipinski definition) is 3. The van der Waals surface area contributed by atoms with Crippen molar-refractivity contribution < 1.29 is 9.59 Å². The van der Waals surface area contributed by atoms with Crippen LogP contribution in [-0.4, -0.2) is 10.5 Å². The molecule has 0 saturated heterocycles. The number of carbonyl (C=O) groups is 2. The standard InChI is InChI=1S/C11H11Cl2NO2.C2H6/c1-4-7(10(12)15)5(2)9(14)6(3)8(4)11(13)16;1-2/h14H2,1-3H3;1-2H3. The lowest BCUT2D eigenvalue weighted by atomic mass is 9.92. The molecule has 0 radical (unpaired) electrons. The van der Waals surface area contributed by atoms with Crippen molar-refractivity contribution in [1.29, 1.82) is 0 Å². The molecule has 0 heterocycles. The third kappa shape index (κ3) is 3.03. The van der Waals surface area contributed by atoms with Gasteiger partial charge in [-0.1, -0.05) is 13.8 Å². The molecule has 5 heteroatoms. The SMILES string of the molecule is CC.Cc1c(N)c(C)c(C(=O)Cl)c(C)c1C(=O)Cl. The normalized spacial score (nSPS) is 9.50. The number of rotatable bonds is 2. The van der Waals surface area contributed by atoms with Crippen LogP contribution in [0.4, 0.5) is 5.69 Å². The van der Waals surface area contributed by atoms with Crippen LogP contribution < -0.4 is 5.73 Å². The Morgan fingerprint density at radius 2 is 1.11 bits per heavy atom. The fraction of sp³-hybridized carbons (Fsp3) is 0.385. The number of benzene rings is 1. The van der Waals surface area contributed by atoms with E-state index in [9.17, 15) is 9.59 Å².